The van der Waals surface area contributed by atoms with E-state index in [1.54, 1.807) is 24.6 Å². The monoisotopic (exact) mass is 325 g/mol. The van der Waals surface area contributed by atoms with E-state index in [9.17, 15) is 4.79 Å². The van der Waals surface area contributed by atoms with Crippen LogP contribution in [0.25, 0.3) is 11.1 Å². The SMILES string of the molecule is C1=CC=NNN=C1.CC(C)(C)OC=O.c1ccc2cccc-2cc1. The number of fused-ring (bicyclic) bond motifs is 1. The Bertz CT molecular complexity index is 616. The molecule has 0 radical (unpaired) electrons. The minimum absolute atomic E-state index is 0.318. The standard InChI is InChI=1S/C10H8.C5H10O2.C4H5N3/c1-2-5-9-7-4-8-10(9)6-3-1;1-5(2,3)7-4-6;1-2-4-6-7-5-3-1/h1-8H;4H,1-3H3;1-4,7H. The van der Waals surface area contributed by atoms with Crippen molar-refractivity contribution in [2.24, 2.45) is 10.2 Å². The van der Waals surface area contributed by atoms with E-state index in [1.165, 1.54) is 11.1 Å². The zero-order valence-corrected chi connectivity index (χ0v) is 14.2. The molecule has 24 heavy (non-hydrogen) atoms. The van der Waals surface area contributed by atoms with Crippen molar-refractivity contribution in [3.63, 3.8) is 0 Å². The Kier molecular flexibility index (Phi) is 8.53. The van der Waals surface area contributed by atoms with Crippen molar-refractivity contribution in [3.8, 4) is 11.1 Å². The van der Waals surface area contributed by atoms with Gasteiger partial charge in [-0.25, -0.2) is 0 Å². The molecule has 1 N–H and O–H groups in total. The molecule has 0 aromatic heterocycles. The normalized spacial score (nSPS) is 12.0. The number of ether oxygens (including phenoxy) is 1. The third kappa shape index (κ3) is 9.15. The lowest BCUT2D eigenvalue weighted by Crippen LogP contribution is -2.17. The Balaban J connectivity index is 0.000000186. The zero-order valence-electron chi connectivity index (χ0n) is 14.2. The molecular weight excluding hydrogens is 302 g/mol. The molecule has 0 amide bonds. The molecule has 0 saturated carbocycles. The van der Waals surface area contributed by atoms with Crippen LogP contribution in [-0.2, 0) is 9.53 Å². The van der Waals surface area contributed by atoms with Gasteiger partial charge in [-0.15, -0.1) is 0 Å². The van der Waals surface area contributed by atoms with Crippen molar-refractivity contribution in [2.75, 3.05) is 0 Å². The summed E-state index contributed by atoms with van der Waals surface area (Å²) in [5, 5.41) is 7.22. The molecule has 1 aliphatic heterocycles. The van der Waals surface area contributed by atoms with Crippen LogP contribution < -0.4 is 5.53 Å². The predicted octanol–water partition coefficient (Wildman–Crippen LogP) is 3.87. The van der Waals surface area contributed by atoms with Gasteiger partial charge in [-0.1, -0.05) is 48.5 Å². The molecule has 2 aliphatic carbocycles. The summed E-state index contributed by atoms with van der Waals surface area (Å²) in [5.41, 5.74) is 4.73. The van der Waals surface area contributed by atoms with Crippen LogP contribution in [0.1, 0.15) is 20.8 Å². The highest BCUT2D eigenvalue weighted by molar-refractivity contribution is 5.81. The second-order valence-corrected chi connectivity index (χ2v) is 5.71. The Hall–Kier alpha value is -2.95. The van der Waals surface area contributed by atoms with Gasteiger partial charge < -0.3 is 4.74 Å². The molecule has 0 spiro atoms. The Morgan fingerprint density at radius 1 is 0.875 bits per heavy atom. The first-order valence-corrected chi connectivity index (χ1v) is 7.54. The Labute approximate surface area is 143 Å². The number of hydrogen-bond donors (Lipinski definition) is 1. The van der Waals surface area contributed by atoms with E-state index in [2.05, 4.69) is 62.9 Å². The summed E-state index contributed by atoms with van der Waals surface area (Å²) in [6, 6.07) is 16.7. The van der Waals surface area contributed by atoms with Crippen LogP contribution in [0.15, 0.2) is 70.9 Å². The third-order valence-corrected chi connectivity index (χ3v) is 2.61. The fraction of sp³-hybridized carbons (Fsp3) is 0.211. The number of carbonyl (C=O) groups is 1. The van der Waals surface area contributed by atoms with Crippen LogP contribution in [0.5, 0.6) is 0 Å². The highest BCUT2D eigenvalue weighted by atomic mass is 16.5. The van der Waals surface area contributed by atoms with E-state index < -0.39 is 0 Å². The van der Waals surface area contributed by atoms with Gasteiger partial charge in [0.2, 0.25) is 0 Å². The maximum absolute atomic E-state index is 9.60. The zero-order chi connectivity index (χ0) is 17.7. The second kappa shape index (κ2) is 10.7. The average molecular weight is 325 g/mol. The van der Waals surface area contributed by atoms with Gasteiger partial charge in [-0.3, -0.25) is 4.79 Å². The van der Waals surface area contributed by atoms with Crippen LogP contribution in [0.2, 0.25) is 0 Å². The molecule has 0 unspecified atom stereocenters. The van der Waals surface area contributed by atoms with Crippen LogP contribution in [0.3, 0.4) is 0 Å². The molecule has 3 aliphatic rings. The van der Waals surface area contributed by atoms with Crippen molar-refractivity contribution in [1.29, 1.82) is 0 Å². The molecule has 1 heterocycles. The fourth-order valence-corrected chi connectivity index (χ4v) is 1.56. The second-order valence-electron chi connectivity index (χ2n) is 5.71. The minimum atomic E-state index is -0.318. The molecular formula is C19H23N3O2. The van der Waals surface area contributed by atoms with E-state index in [0.29, 0.717) is 6.47 Å². The summed E-state index contributed by atoms with van der Waals surface area (Å²) in [6.45, 7) is 5.92. The minimum Gasteiger partial charge on any atom is -0.462 e. The first-order valence-electron chi connectivity index (χ1n) is 7.54. The maximum atomic E-state index is 9.60. The number of nitrogens with one attached hydrogen (secondary N) is 1. The van der Waals surface area contributed by atoms with Crippen molar-refractivity contribution < 1.29 is 9.53 Å². The Morgan fingerprint density at radius 2 is 1.38 bits per heavy atom. The van der Waals surface area contributed by atoms with Crippen LogP contribution in [0, 0.1) is 0 Å². The maximum Gasteiger partial charge on any atom is 0.293 e. The lowest BCUT2D eigenvalue weighted by Gasteiger charge is -2.14. The van der Waals surface area contributed by atoms with E-state index >= 15 is 0 Å². The van der Waals surface area contributed by atoms with E-state index in [-0.39, 0.29) is 5.60 Å². The number of nitrogens with zero attached hydrogens (tertiary/aromatic N) is 2. The van der Waals surface area contributed by atoms with Gasteiger partial charge in [0.25, 0.3) is 6.47 Å². The van der Waals surface area contributed by atoms with Crippen LogP contribution in [-0.4, -0.2) is 24.5 Å². The van der Waals surface area contributed by atoms with Gasteiger partial charge in [-0.2, -0.15) is 15.7 Å². The highest BCUT2D eigenvalue weighted by Crippen LogP contribution is 2.19. The van der Waals surface area contributed by atoms with E-state index in [0.717, 1.165) is 0 Å². The predicted molar refractivity (Wildman–Crippen MR) is 99.2 cm³/mol. The smallest absolute Gasteiger partial charge is 0.293 e. The molecule has 0 bridgehead atoms. The molecule has 0 atom stereocenters. The van der Waals surface area contributed by atoms with Crippen LogP contribution >= 0.6 is 0 Å². The number of rotatable bonds is 1. The number of carbonyl (C=O) groups excluding carboxylic acids is 1. The summed E-state index contributed by atoms with van der Waals surface area (Å²) < 4.78 is 4.55. The van der Waals surface area contributed by atoms with Crippen molar-refractivity contribution in [2.45, 2.75) is 26.4 Å². The van der Waals surface area contributed by atoms with E-state index in [4.69, 9.17) is 0 Å². The summed E-state index contributed by atoms with van der Waals surface area (Å²) in [7, 11) is 0. The Morgan fingerprint density at radius 3 is 1.79 bits per heavy atom. The van der Waals surface area contributed by atoms with Gasteiger partial charge in [-0.05, 0) is 44.1 Å². The van der Waals surface area contributed by atoms with Gasteiger partial charge in [0.15, 0.2) is 0 Å². The molecule has 126 valence electrons. The largest absolute Gasteiger partial charge is 0.462 e. The molecule has 0 aromatic rings. The highest BCUT2D eigenvalue weighted by Gasteiger charge is 2.07. The number of allylic oxidation sites excluding steroid dienone is 2. The molecule has 3 rings (SSSR count). The average Bonchev–Trinajstić information content (AvgIpc) is 2.75. The number of hydrazone groups is 2. The summed E-state index contributed by atoms with van der Waals surface area (Å²) in [6.07, 6.45) is 6.85. The first kappa shape index (κ1) is 19.1. The van der Waals surface area contributed by atoms with Crippen LogP contribution in [0.4, 0.5) is 0 Å². The fourth-order valence-electron chi connectivity index (χ4n) is 1.56. The molecule has 5 heteroatoms. The summed E-state index contributed by atoms with van der Waals surface area (Å²) in [5.74, 6) is 0. The van der Waals surface area contributed by atoms with Gasteiger partial charge in [0.05, 0.1) is 0 Å². The third-order valence-electron chi connectivity index (χ3n) is 2.61. The van der Waals surface area contributed by atoms with Gasteiger partial charge in [0, 0.05) is 12.4 Å². The molecule has 0 aromatic carbocycles. The summed E-state index contributed by atoms with van der Waals surface area (Å²) in [4.78, 5) is 9.60. The van der Waals surface area contributed by atoms with Crippen molar-refractivity contribution >= 4 is 18.9 Å². The lowest BCUT2D eigenvalue weighted by molar-refractivity contribution is -0.138. The first-order chi connectivity index (χ1) is 11.5. The van der Waals surface area contributed by atoms with Crippen molar-refractivity contribution in [3.05, 3.63) is 60.7 Å². The topological polar surface area (TPSA) is 63.1 Å². The number of hydrogen-bond acceptors (Lipinski definition) is 5. The van der Waals surface area contributed by atoms with Gasteiger partial charge in [0.1, 0.15) is 5.60 Å². The van der Waals surface area contributed by atoms with E-state index in [1.807, 2.05) is 26.8 Å². The lowest BCUT2D eigenvalue weighted by atomic mass is 10.2. The quantitative estimate of drug-likeness (QED) is 0.810. The van der Waals surface area contributed by atoms with Crippen molar-refractivity contribution in [1.82, 2.24) is 5.53 Å². The summed E-state index contributed by atoms with van der Waals surface area (Å²) >= 11 is 0. The van der Waals surface area contributed by atoms with Gasteiger partial charge >= 0.3 is 0 Å². The molecule has 0 saturated heterocycles. The molecule has 5 nitrogen and oxygen atoms in total. The molecule has 0 fully saturated rings.